The maximum Gasteiger partial charge on any atom is 0.294 e. The standard InChI is InChI=1S/C17H18N2O4S/c1-12(9-13-5-4-8-23-13)10-14-16(21)19(17(22)24-14)11-15(20)18-6-2-3-7-18/h4-5,8-10H,2-3,6-7,11H2,1H3/b12-9+,14-10-. The minimum Gasteiger partial charge on any atom is -0.465 e. The average Bonchev–Trinajstić information content (AvgIpc) is 3.27. The van der Waals surface area contributed by atoms with E-state index in [4.69, 9.17) is 4.42 Å². The number of rotatable bonds is 4. The summed E-state index contributed by atoms with van der Waals surface area (Å²) in [5.74, 6) is 0.0934. The second kappa shape index (κ2) is 7.09. The van der Waals surface area contributed by atoms with Crippen molar-refractivity contribution in [3.05, 3.63) is 40.7 Å². The normalized spacial score (nSPS) is 20.5. The molecule has 0 spiro atoms. The van der Waals surface area contributed by atoms with Gasteiger partial charge in [0.25, 0.3) is 11.1 Å². The van der Waals surface area contributed by atoms with Crippen molar-refractivity contribution in [3.8, 4) is 0 Å². The third-order valence-electron chi connectivity index (χ3n) is 3.90. The lowest BCUT2D eigenvalue weighted by molar-refractivity contribution is -0.135. The number of hydrogen-bond donors (Lipinski definition) is 0. The monoisotopic (exact) mass is 346 g/mol. The van der Waals surface area contributed by atoms with Crippen LogP contribution in [0.5, 0.6) is 0 Å². The van der Waals surface area contributed by atoms with Crippen molar-refractivity contribution in [2.45, 2.75) is 19.8 Å². The smallest absolute Gasteiger partial charge is 0.294 e. The lowest BCUT2D eigenvalue weighted by Crippen LogP contribution is -2.40. The van der Waals surface area contributed by atoms with Crippen molar-refractivity contribution in [3.63, 3.8) is 0 Å². The number of furan rings is 1. The van der Waals surface area contributed by atoms with Crippen molar-refractivity contribution in [1.82, 2.24) is 9.80 Å². The number of likely N-dealkylation sites (tertiary alicyclic amines) is 1. The molecule has 3 amide bonds. The van der Waals surface area contributed by atoms with Crippen molar-refractivity contribution >= 4 is 34.9 Å². The molecule has 6 nitrogen and oxygen atoms in total. The Morgan fingerprint density at radius 2 is 2.08 bits per heavy atom. The minimum absolute atomic E-state index is 0.168. The lowest BCUT2D eigenvalue weighted by atomic mass is 10.2. The van der Waals surface area contributed by atoms with E-state index in [2.05, 4.69) is 0 Å². The van der Waals surface area contributed by atoms with Crippen molar-refractivity contribution in [1.29, 1.82) is 0 Å². The number of nitrogens with zero attached hydrogens (tertiary/aromatic N) is 2. The SMILES string of the molecule is CC(/C=C1\SC(=O)N(CC(=O)N2CCCC2)C1=O)=C\c1ccco1. The Balaban J connectivity index is 1.69. The fourth-order valence-corrected chi connectivity index (χ4v) is 3.57. The van der Waals surface area contributed by atoms with Crippen LogP contribution in [0.4, 0.5) is 4.79 Å². The molecule has 2 fully saturated rings. The summed E-state index contributed by atoms with van der Waals surface area (Å²) in [5.41, 5.74) is 0.793. The van der Waals surface area contributed by atoms with Crippen LogP contribution < -0.4 is 0 Å². The minimum atomic E-state index is -0.412. The molecule has 0 radical (unpaired) electrons. The topological polar surface area (TPSA) is 70.8 Å². The van der Waals surface area contributed by atoms with Gasteiger partial charge in [-0.3, -0.25) is 19.3 Å². The molecular weight excluding hydrogens is 328 g/mol. The van der Waals surface area contributed by atoms with Gasteiger partial charge in [-0.1, -0.05) is 0 Å². The number of amides is 3. The molecule has 7 heteroatoms. The number of imide groups is 1. The first-order valence-electron chi connectivity index (χ1n) is 7.79. The van der Waals surface area contributed by atoms with E-state index in [1.54, 1.807) is 35.4 Å². The number of carbonyl (C=O) groups excluding carboxylic acids is 3. The average molecular weight is 346 g/mol. The Morgan fingerprint density at radius 3 is 2.75 bits per heavy atom. The molecule has 2 saturated heterocycles. The van der Waals surface area contributed by atoms with Crippen LogP contribution >= 0.6 is 11.8 Å². The predicted molar refractivity (Wildman–Crippen MR) is 91.0 cm³/mol. The zero-order valence-electron chi connectivity index (χ0n) is 13.4. The summed E-state index contributed by atoms with van der Waals surface area (Å²) in [7, 11) is 0. The van der Waals surface area contributed by atoms with Gasteiger partial charge in [-0.2, -0.15) is 0 Å². The van der Waals surface area contributed by atoms with E-state index >= 15 is 0 Å². The van der Waals surface area contributed by atoms with Crippen LogP contribution in [0.15, 0.2) is 39.4 Å². The van der Waals surface area contributed by atoms with Gasteiger partial charge in [-0.25, -0.2) is 0 Å². The highest BCUT2D eigenvalue weighted by atomic mass is 32.2. The quantitative estimate of drug-likeness (QED) is 0.784. The second-order valence-corrected chi connectivity index (χ2v) is 6.75. The molecule has 24 heavy (non-hydrogen) atoms. The van der Waals surface area contributed by atoms with Gasteiger partial charge < -0.3 is 9.32 Å². The molecule has 3 heterocycles. The van der Waals surface area contributed by atoms with Gasteiger partial charge in [0, 0.05) is 13.1 Å². The number of carbonyl (C=O) groups is 3. The van der Waals surface area contributed by atoms with Crippen LogP contribution in [-0.2, 0) is 9.59 Å². The van der Waals surface area contributed by atoms with E-state index in [-0.39, 0.29) is 12.5 Å². The van der Waals surface area contributed by atoms with E-state index in [0.717, 1.165) is 35.1 Å². The van der Waals surface area contributed by atoms with Gasteiger partial charge in [-0.05, 0) is 61.4 Å². The largest absolute Gasteiger partial charge is 0.465 e. The summed E-state index contributed by atoms with van der Waals surface area (Å²) in [5, 5.41) is -0.399. The molecule has 0 aromatic carbocycles. The van der Waals surface area contributed by atoms with Gasteiger partial charge in [0.15, 0.2) is 0 Å². The van der Waals surface area contributed by atoms with Gasteiger partial charge >= 0.3 is 0 Å². The number of thioether (sulfide) groups is 1. The van der Waals surface area contributed by atoms with E-state index in [0.29, 0.717) is 23.8 Å². The van der Waals surface area contributed by atoms with Crippen LogP contribution in [0.25, 0.3) is 6.08 Å². The molecule has 2 aliphatic rings. The van der Waals surface area contributed by atoms with Crippen LogP contribution in [0.3, 0.4) is 0 Å². The Hall–Kier alpha value is -2.28. The van der Waals surface area contributed by atoms with Crippen molar-refractivity contribution < 1.29 is 18.8 Å². The van der Waals surface area contributed by atoms with E-state index in [9.17, 15) is 14.4 Å². The first-order valence-corrected chi connectivity index (χ1v) is 8.61. The molecule has 0 unspecified atom stereocenters. The number of allylic oxidation sites excluding steroid dienone is 2. The van der Waals surface area contributed by atoms with Gasteiger partial charge in [-0.15, -0.1) is 0 Å². The molecule has 0 bridgehead atoms. The second-order valence-electron chi connectivity index (χ2n) is 5.76. The Labute approximate surface area is 144 Å². The molecule has 3 rings (SSSR count). The molecule has 1 aromatic rings. The first kappa shape index (κ1) is 16.6. The predicted octanol–water partition coefficient (Wildman–Crippen LogP) is 2.88. The van der Waals surface area contributed by atoms with E-state index < -0.39 is 11.1 Å². The third-order valence-corrected chi connectivity index (χ3v) is 4.81. The van der Waals surface area contributed by atoms with Gasteiger partial charge in [0.1, 0.15) is 12.3 Å². The summed E-state index contributed by atoms with van der Waals surface area (Å²) in [6.45, 7) is 3.06. The zero-order valence-corrected chi connectivity index (χ0v) is 14.2. The first-order chi connectivity index (χ1) is 11.5. The Bertz CT molecular complexity index is 715. The molecule has 126 valence electrons. The molecule has 0 saturated carbocycles. The van der Waals surface area contributed by atoms with Crippen LogP contribution in [0.2, 0.25) is 0 Å². The molecule has 0 atom stereocenters. The maximum atomic E-state index is 12.4. The van der Waals surface area contributed by atoms with Crippen molar-refractivity contribution in [2.24, 2.45) is 0 Å². The summed E-state index contributed by atoms with van der Waals surface area (Å²) < 4.78 is 5.22. The third kappa shape index (κ3) is 3.62. The zero-order chi connectivity index (χ0) is 17.1. The molecule has 0 N–H and O–H groups in total. The van der Waals surface area contributed by atoms with Crippen LogP contribution in [-0.4, -0.2) is 46.5 Å². The van der Waals surface area contributed by atoms with Crippen LogP contribution in [0.1, 0.15) is 25.5 Å². The maximum absolute atomic E-state index is 12.4. The van der Waals surface area contributed by atoms with Gasteiger partial charge in [0.2, 0.25) is 5.91 Å². The highest BCUT2D eigenvalue weighted by Gasteiger charge is 2.37. The Kier molecular flexibility index (Phi) is 4.89. The molecule has 2 aliphatic heterocycles. The molecule has 0 aliphatic carbocycles. The van der Waals surface area contributed by atoms with Crippen molar-refractivity contribution in [2.75, 3.05) is 19.6 Å². The summed E-state index contributed by atoms with van der Waals surface area (Å²) in [4.78, 5) is 39.7. The number of hydrogen-bond acceptors (Lipinski definition) is 5. The summed E-state index contributed by atoms with van der Waals surface area (Å²) in [6, 6.07) is 3.58. The molecular formula is C17H18N2O4S. The molecule has 1 aromatic heterocycles. The highest BCUT2D eigenvalue weighted by molar-refractivity contribution is 8.18. The summed E-state index contributed by atoms with van der Waals surface area (Å²) >= 11 is 0.864. The van der Waals surface area contributed by atoms with E-state index in [1.165, 1.54) is 0 Å². The van der Waals surface area contributed by atoms with Crippen LogP contribution in [0, 0.1) is 0 Å². The highest BCUT2D eigenvalue weighted by Crippen LogP contribution is 2.31. The van der Waals surface area contributed by atoms with Gasteiger partial charge in [0.05, 0.1) is 11.2 Å². The fourth-order valence-electron chi connectivity index (χ4n) is 2.68. The fraction of sp³-hybridized carbons (Fsp3) is 0.353. The van der Waals surface area contributed by atoms with E-state index in [1.807, 2.05) is 6.92 Å². The lowest BCUT2D eigenvalue weighted by Gasteiger charge is -2.18. The summed E-state index contributed by atoms with van der Waals surface area (Å²) in [6.07, 6.45) is 6.95. The Morgan fingerprint density at radius 1 is 1.33 bits per heavy atom.